The van der Waals surface area contributed by atoms with E-state index < -0.39 is 6.04 Å². The SMILES string of the molecule is COC(=O)C(CC(C)C)NC(=O)CN1CCN(Cc2cccc(C)c2)CC1. The predicted octanol–water partition coefficient (Wildman–Crippen LogP) is 1.82. The molecular weight excluding hydrogens is 342 g/mol. The zero-order valence-corrected chi connectivity index (χ0v) is 17.0. The Morgan fingerprint density at radius 1 is 1.15 bits per heavy atom. The van der Waals surface area contributed by atoms with Crippen LogP contribution >= 0.6 is 0 Å². The van der Waals surface area contributed by atoms with Gasteiger partial charge in [-0.1, -0.05) is 43.7 Å². The Bertz CT molecular complexity index is 625. The summed E-state index contributed by atoms with van der Waals surface area (Å²) >= 11 is 0. The molecule has 1 heterocycles. The number of amides is 1. The first kappa shape index (κ1) is 21.4. The molecule has 0 saturated carbocycles. The highest BCUT2D eigenvalue weighted by molar-refractivity contribution is 5.85. The van der Waals surface area contributed by atoms with Crippen molar-refractivity contribution in [1.29, 1.82) is 0 Å². The lowest BCUT2D eigenvalue weighted by Gasteiger charge is -2.34. The van der Waals surface area contributed by atoms with Gasteiger partial charge >= 0.3 is 5.97 Å². The average molecular weight is 376 g/mol. The molecule has 1 saturated heterocycles. The summed E-state index contributed by atoms with van der Waals surface area (Å²) in [5.74, 6) is -0.183. The molecular formula is C21H33N3O3. The second kappa shape index (κ2) is 10.4. The number of methoxy groups -OCH3 is 1. The summed E-state index contributed by atoms with van der Waals surface area (Å²) in [6, 6.07) is 8.03. The van der Waals surface area contributed by atoms with Crippen molar-refractivity contribution >= 4 is 11.9 Å². The Labute approximate surface area is 162 Å². The highest BCUT2D eigenvalue weighted by Crippen LogP contribution is 2.11. The van der Waals surface area contributed by atoms with Crippen molar-refractivity contribution in [3.05, 3.63) is 35.4 Å². The lowest BCUT2D eigenvalue weighted by atomic mass is 10.0. The van der Waals surface area contributed by atoms with Gasteiger partial charge in [0.15, 0.2) is 0 Å². The van der Waals surface area contributed by atoms with E-state index in [1.165, 1.54) is 18.2 Å². The van der Waals surface area contributed by atoms with Gasteiger partial charge in [-0.05, 0) is 24.8 Å². The number of benzene rings is 1. The molecule has 0 aliphatic carbocycles. The van der Waals surface area contributed by atoms with Crippen LogP contribution in [0.15, 0.2) is 24.3 Å². The Hall–Kier alpha value is -1.92. The third-order valence-electron chi connectivity index (χ3n) is 4.85. The summed E-state index contributed by atoms with van der Waals surface area (Å²) < 4.78 is 4.81. The summed E-state index contributed by atoms with van der Waals surface area (Å²) in [5, 5.41) is 2.83. The average Bonchev–Trinajstić information content (AvgIpc) is 2.62. The van der Waals surface area contributed by atoms with Crippen molar-refractivity contribution in [2.45, 2.75) is 39.8 Å². The van der Waals surface area contributed by atoms with Crippen molar-refractivity contribution < 1.29 is 14.3 Å². The molecule has 6 nitrogen and oxygen atoms in total. The quantitative estimate of drug-likeness (QED) is 0.702. The van der Waals surface area contributed by atoms with Gasteiger partial charge in [0.1, 0.15) is 6.04 Å². The highest BCUT2D eigenvalue weighted by atomic mass is 16.5. The molecule has 1 aliphatic heterocycles. The Morgan fingerprint density at radius 2 is 1.81 bits per heavy atom. The summed E-state index contributed by atoms with van der Waals surface area (Å²) in [6.45, 7) is 11.0. The maximum Gasteiger partial charge on any atom is 0.328 e. The predicted molar refractivity (Wildman–Crippen MR) is 106 cm³/mol. The minimum Gasteiger partial charge on any atom is -0.467 e. The molecule has 1 aliphatic rings. The van der Waals surface area contributed by atoms with Crippen molar-refractivity contribution in [3.63, 3.8) is 0 Å². The van der Waals surface area contributed by atoms with Crippen molar-refractivity contribution in [2.75, 3.05) is 39.8 Å². The molecule has 0 spiro atoms. The topological polar surface area (TPSA) is 61.9 Å². The van der Waals surface area contributed by atoms with Crippen LogP contribution in [0.1, 0.15) is 31.4 Å². The standard InChI is InChI=1S/C21H33N3O3/c1-16(2)12-19(21(26)27-4)22-20(25)15-24-10-8-23(9-11-24)14-18-7-5-6-17(3)13-18/h5-7,13,16,19H,8-12,14-15H2,1-4H3,(H,22,25). The number of hydrogen-bond acceptors (Lipinski definition) is 5. The van der Waals surface area contributed by atoms with E-state index in [1.807, 2.05) is 13.8 Å². The number of ether oxygens (including phenoxy) is 1. The van der Waals surface area contributed by atoms with Gasteiger partial charge in [-0.15, -0.1) is 0 Å². The molecule has 1 N–H and O–H groups in total. The van der Waals surface area contributed by atoms with Gasteiger partial charge in [0.05, 0.1) is 13.7 Å². The van der Waals surface area contributed by atoms with E-state index in [1.54, 1.807) is 0 Å². The van der Waals surface area contributed by atoms with E-state index in [0.717, 1.165) is 32.7 Å². The minimum atomic E-state index is -0.565. The summed E-state index contributed by atoms with van der Waals surface area (Å²) in [5.41, 5.74) is 2.61. The van der Waals surface area contributed by atoms with Gasteiger partial charge in [0, 0.05) is 32.7 Å². The van der Waals surface area contributed by atoms with Crippen LogP contribution in [0.5, 0.6) is 0 Å². The van der Waals surface area contributed by atoms with Crippen LogP contribution < -0.4 is 5.32 Å². The van der Waals surface area contributed by atoms with Gasteiger partial charge in [-0.25, -0.2) is 4.79 Å². The fraction of sp³-hybridized carbons (Fsp3) is 0.619. The number of carbonyl (C=O) groups is 2. The lowest BCUT2D eigenvalue weighted by Crippen LogP contribution is -2.51. The fourth-order valence-corrected chi connectivity index (χ4v) is 3.45. The largest absolute Gasteiger partial charge is 0.467 e. The summed E-state index contributed by atoms with van der Waals surface area (Å²) in [4.78, 5) is 28.8. The zero-order chi connectivity index (χ0) is 19.8. The number of piperazine rings is 1. The first-order valence-electron chi connectivity index (χ1n) is 9.75. The van der Waals surface area contributed by atoms with E-state index in [-0.39, 0.29) is 11.9 Å². The van der Waals surface area contributed by atoms with Crippen LogP contribution in [0.25, 0.3) is 0 Å². The normalized spacial score (nSPS) is 16.9. The number of aryl methyl sites for hydroxylation is 1. The van der Waals surface area contributed by atoms with Gasteiger partial charge < -0.3 is 10.1 Å². The van der Waals surface area contributed by atoms with Crippen LogP contribution in [-0.2, 0) is 20.9 Å². The molecule has 0 aromatic heterocycles. The van der Waals surface area contributed by atoms with E-state index in [4.69, 9.17) is 4.74 Å². The Balaban J connectivity index is 1.77. The first-order valence-corrected chi connectivity index (χ1v) is 9.75. The Morgan fingerprint density at radius 3 is 2.41 bits per heavy atom. The van der Waals surface area contributed by atoms with Crippen LogP contribution in [-0.4, -0.2) is 67.6 Å². The van der Waals surface area contributed by atoms with Gasteiger partial charge in [0.25, 0.3) is 0 Å². The lowest BCUT2D eigenvalue weighted by molar-refractivity contribution is -0.145. The van der Waals surface area contributed by atoms with E-state index in [2.05, 4.69) is 46.3 Å². The molecule has 0 radical (unpaired) electrons. The molecule has 6 heteroatoms. The monoisotopic (exact) mass is 375 g/mol. The maximum atomic E-state index is 12.4. The number of esters is 1. The molecule has 1 aromatic rings. The van der Waals surface area contributed by atoms with E-state index in [0.29, 0.717) is 18.9 Å². The highest BCUT2D eigenvalue weighted by Gasteiger charge is 2.24. The van der Waals surface area contributed by atoms with Crippen LogP contribution in [0, 0.1) is 12.8 Å². The number of nitrogens with one attached hydrogen (secondary N) is 1. The maximum absolute atomic E-state index is 12.4. The summed E-state index contributed by atoms with van der Waals surface area (Å²) in [7, 11) is 1.36. The molecule has 1 unspecified atom stereocenters. The van der Waals surface area contributed by atoms with Gasteiger partial charge in [0.2, 0.25) is 5.91 Å². The molecule has 1 amide bonds. The van der Waals surface area contributed by atoms with Crippen molar-refractivity contribution in [3.8, 4) is 0 Å². The molecule has 0 bridgehead atoms. The summed E-state index contributed by atoms with van der Waals surface area (Å²) in [6.07, 6.45) is 0.586. The molecule has 2 rings (SSSR count). The number of hydrogen-bond donors (Lipinski definition) is 1. The zero-order valence-electron chi connectivity index (χ0n) is 17.0. The number of carbonyl (C=O) groups excluding carboxylic acids is 2. The van der Waals surface area contributed by atoms with Crippen molar-refractivity contribution in [2.24, 2.45) is 5.92 Å². The van der Waals surface area contributed by atoms with E-state index >= 15 is 0 Å². The number of rotatable bonds is 8. The molecule has 1 aromatic carbocycles. The van der Waals surface area contributed by atoms with Gasteiger partial charge in [-0.3, -0.25) is 14.6 Å². The smallest absolute Gasteiger partial charge is 0.328 e. The molecule has 150 valence electrons. The molecule has 1 atom stereocenters. The second-order valence-corrected chi connectivity index (χ2v) is 7.81. The Kier molecular flexibility index (Phi) is 8.25. The van der Waals surface area contributed by atoms with Crippen LogP contribution in [0.3, 0.4) is 0 Å². The minimum absolute atomic E-state index is 0.113. The van der Waals surface area contributed by atoms with E-state index in [9.17, 15) is 9.59 Å². The van der Waals surface area contributed by atoms with Crippen LogP contribution in [0.2, 0.25) is 0 Å². The second-order valence-electron chi connectivity index (χ2n) is 7.81. The third kappa shape index (κ3) is 7.31. The molecule has 27 heavy (non-hydrogen) atoms. The molecule has 1 fully saturated rings. The van der Waals surface area contributed by atoms with Gasteiger partial charge in [-0.2, -0.15) is 0 Å². The first-order chi connectivity index (χ1) is 12.9. The fourth-order valence-electron chi connectivity index (χ4n) is 3.45. The van der Waals surface area contributed by atoms with Crippen LogP contribution in [0.4, 0.5) is 0 Å². The third-order valence-corrected chi connectivity index (χ3v) is 4.85. The number of nitrogens with zero attached hydrogens (tertiary/aromatic N) is 2. The van der Waals surface area contributed by atoms with Crippen molar-refractivity contribution in [1.82, 2.24) is 15.1 Å².